The van der Waals surface area contributed by atoms with Crippen LogP contribution in [0.1, 0.15) is 363 Å². The standard InChI is InChI=1S/10C7H14/c1-6-4-7(2,3)5-6;1-6-4-5-7(6,2)3;1-7(2)5-3-4-6-7;1-6(2)7-4-3-5-7;1-3-7-4-6(2)5-7;2*1-3-7(2)5-4-6-7;1-3-7-5-4-6(7)2;1-2-7-5-3-4-6-7;1-2-4-7-5-3-6-7/h2*6H,4-5H2,1-3H3;3-6H2,1-2H3;2*6-7H,3-5H2,1-2H3;2*3-6H2,1-2H3;6-7H,3-5H2,1-2H3;2*7H,2-6H2,1H3/t;6-;;;;;;6-,7?;;/m.0.....0../s1. The Morgan fingerprint density at radius 1 is 0.414 bits per heavy atom. The highest BCUT2D eigenvalue weighted by molar-refractivity contribution is 4.86. The van der Waals surface area contributed by atoms with Gasteiger partial charge in [-0.15, -0.1) is 0 Å². The van der Waals surface area contributed by atoms with Gasteiger partial charge in [0.25, 0.3) is 0 Å². The van der Waals surface area contributed by atoms with Crippen molar-refractivity contribution in [3.8, 4) is 0 Å². The lowest BCUT2D eigenvalue weighted by molar-refractivity contribution is 0.0892. The molecule has 0 aromatic rings. The predicted octanol–water partition coefficient (Wildman–Crippen LogP) is 25.1. The SMILES string of the molecule is CC(C)C1CCC1.CC1(C)CCCC1.CC1CC(C)(C)C1.CCC1(C)CCC1.CCC1(C)CCC1.CCC1CC(C)C1.CCC1CCCC1.CCC1CC[C@@H]1C.CCCC1CCC1.C[C@H]1CCC1(C)C. The van der Waals surface area contributed by atoms with Crippen molar-refractivity contribution in [2.75, 3.05) is 0 Å². The van der Waals surface area contributed by atoms with Crippen molar-refractivity contribution < 1.29 is 0 Å². The van der Waals surface area contributed by atoms with Crippen molar-refractivity contribution in [3.63, 3.8) is 0 Å². The van der Waals surface area contributed by atoms with Gasteiger partial charge in [-0.3, -0.25) is 0 Å². The molecule has 0 amide bonds. The summed E-state index contributed by atoms with van der Waals surface area (Å²) in [7, 11) is 0. The maximum Gasteiger partial charge on any atom is -0.0328 e. The van der Waals surface area contributed by atoms with Gasteiger partial charge in [0, 0.05) is 0 Å². The molecule has 420 valence electrons. The van der Waals surface area contributed by atoms with Gasteiger partial charge in [-0.25, -0.2) is 0 Å². The largest absolute Gasteiger partial charge is 0.0654 e. The Morgan fingerprint density at radius 3 is 0.943 bits per heavy atom. The Morgan fingerprint density at radius 2 is 0.871 bits per heavy atom. The van der Waals surface area contributed by atoms with Crippen LogP contribution in [0.4, 0.5) is 0 Å². The van der Waals surface area contributed by atoms with Gasteiger partial charge >= 0.3 is 0 Å². The minimum absolute atomic E-state index is 0.681. The summed E-state index contributed by atoms with van der Waals surface area (Å²) in [6, 6.07) is 0. The molecule has 0 nitrogen and oxygen atoms in total. The van der Waals surface area contributed by atoms with Crippen molar-refractivity contribution in [2.45, 2.75) is 363 Å². The molecule has 1 unspecified atom stereocenters. The maximum absolute atomic E-state index is 2.39. The van der Waals surface area contributed by atoms with E-state index in [2.05, 4.69) is 138 Å². The average molecular weight is 982 g/mol. The maximum atomic E-state index is 2.39. The van der Waals surface area contributed by atoms with E-state index in [1.807, 2.05) is 0 Å². The van der Waals surface area contributed by atoms with E-state index in [1.165, 1.54) is 225 Å². The van der Waals surface area contributed by atoms with Crippen molar-refractivity contribution in [3.05, 3.63) is 0 Å². The molecular weight excluding hydrogens is 841 g/mol. The lowest BCUT2D eigenvalue weighted by atomic mass is 9.64. The van der Waals surface area contributed by atoms with Gasteiger partial charge in [-0.1, -0.05) is 280 Å². The fourth-order valence-electron chi connectivity index (χ4n) is 12.9. The van der Waals surface area contributed by atoms with Gasteiger partial charge in [-0.05, 0) is 170 Å². The normalized spacial score (nSPS) is 29.7. The van der Waals surface area contributed by atoms with E-state index in [0.717, 1.165) is 70.0 Å². The van der Waals surface area contributed by atoms with Crippen molar-refractivity contribution >= 4 is 0 Å². The van der Waals surface area contributed by atoms with Crippen molar-refractivity contribution in [2.24, 2.45) is 86.3 Å². The molecule has 0 spiro atoms. The van der Waals surface area contributed by atoms with E-state index >= 15 is 0 Å². The Hall–Kier alpha value is 0. The van der Waals surface area contributed by atoms with Crippen LogP contribution in [-0.4, -0.2) is 0 Å². The summed E-state index contributed by atoms with van der Waals surface area (Å²) in [5.74, 6) is 10.5. The fraction of sp³-hybridized carbons (Fsp3) is 1.00. The molecule has 3 atom stereocenters. The molecule has 0 N–H and O–H groups in total. The molecule has 10 rings (SSSR count). The summed E-state index contributed by atoms with van der Waals surface area (Å²) in [5.41, 5.74) is 3.60. The highest BCUT2D eigenvalue weighted by atomic mass is 14.4. The zero-order valence-electron chi connectivity index (χ0n) is 53.0. The smallest absolute Gasteiger partial charge is 0.0328 e. The molecule has 10 aliphatic rings. The average Bonchev–Trinajstić information content (AvgIpc) is 3.93. The predicted molar refractivity (Wildman–Crippen MR) is 322 cm³/mol. The van der Waals surface area contributed by atoms with E-state index in [0.29, 0.717) is 16.2 Å². The highest BCUT2D eigenvalue weighted by Gasteiger charge is 2.35. The van der Waals surface area contributed by atoms with Gasteiger partial charge in [0.05, 0.1) is 0 Å². The first-order valence-corrected chi connectivity index (χ1v) is 32.8. The van der Waals surface area contributed by atoms with Crippen LogP contribution in [0.25, 0.3) is 0 Å². The molecule has 0 radical (unpaired) electrons. The van der Waals surface area contributed by atoms with Gasteiger partial charge in [-0.2, -0.15) is 0 Å². The van der Waals surface area contributed by atoms with Gasteiger partial charge in [0.1, 0.15) is 0 Å². The topological polar surface area (TPSA) is 0 Å². The Bertz CT molecular complexity index is 1130. The third-order valence-electron chi connectivity index (χ3n) is 21.6. The van der Waals surface area contributed by atoms with E-state index in [-0.39, 0.29) is 0 Å². The molecule has 0 aromatic heterocycles. The van der Waals surface area contributed by atoms with E-state index in [4.69, 9.17) is 0 Å². The fourth-order valence-corrected chi connectivity index (χ4v) is 12.9. The molecule has 0 heterocycles. The molecule has 10 aliphatic carbocycles. The summed E-state index contributed by atoms with van der Waals surface area (Å²) in [5, 5.41) is 0. The van der Waals surface area contributed by atoms with E-state index in [9.17, 15) is 0 Å². The third-order valence-corrected chi connectivity index (χ3v) is 21.6. The van der Waals surface area contributed by atoms with Crippen LogP contribution >= 0.6 is 0 Å². The van der Waals surface area contributed by atoms with E-state index in [1.54, 1.807) is 0 Å². The lowest BCUT2D eigenvalue weighted by Gasteiger charge is -2.42. The number of hydrogen-bond donors (Lipinski definition) is 0. The van der Waals surface area contributed by atoms with Crippen molar-refractivity contribution in [1.29, 1.82) is 0 Å². The summed E-state index contributed by atoms with van der Waals surface area (Å²) in [4.78, 5) is 0. The van der Waals surface area contributed by atoms with E-state index < -0.39 is 0 Å². The summed E-state index contributed by atoms with van der Waals surface area (Å²) >= 11 is 0. The molecular formula is C70H140. The second-order valence-electron chi connectivity index (χ2n) is 30.2. The summed E-state index contributed by atoms with van der Waals surface area (Å²) in [6.45, 7) is 46.6. The van der Waals surface area contributed by atoms with Crippen LogP contribution in [0.2, 0.25) is 0 Å². The van der Waals surface area contributed by atoms with Crippen LogP contribution in [0.15, 0.2) is 0 Å². The van der Waals surface area contributed by atoms with Crippen LogP contribution in [0.3, 0.4) is 0 Å². The first kappa shape index (κ1) is 68.0. The quantitative estimate of drug-likeness (QED) is 0.227. The zero-order chi connectivity index (χ0) is 53.0. The van der Waals surface area contributed by atoms with Crippen LogP contribution in [0, 0.1) is 86.3 Å². The second-order valence-corrected chi connectivity index (χ2v) is 30.2. The van der Waals surface area contributed by atoms with Crippen molar-refractivity contribution in [1.82, 2.24) is 0 Å². The van der Waals surface area contributed by atoms with Gasteiger partial charge in [0.15, 0.2) is 0 Å². The lowest BCUT2D eigenvalue weighted by Crippen LogP contribution is -2.31. The van der Waals surface area contributed by atoms with Crippen LogP contribution < -0.4 is 0 Å². The van der Waals surface area contributed by atoms with Crippen LogP contribution in [0.5, 0.6) is 0 Å². The molecule has 10 saturated carbocycles. The third kappa shape index (κ3) is 29.3. The first-order valence-electron chi connectivity index (χ1n) is 32.8. The Kier molecular flexibility index (Phi) is 34.3. The Labute approximate surface area is 447 Å². The van der Waals surface area contributed by atoms with Crippen LogP contribution in [-0.2, 0) is 0 Å². The molecule has 10 fully saturated rings. The summed E-state index contributed by atoms with van der Waals surface area (Å²) < 4.78 is 0. The zero-order valence-corrected chi connectivity index (χ0v) is 53.0. The second kappa shape index (κ2) is 35.4. The molecule has 0 aromatic carbocycles. The highest BCUT2D eigenvalue weighted by Crippen LogP contribution is 2.46. The van der Waals surface area contributed by atoms with Gasteiger partial charge < -0.3 is 0 Å². The molecule has 0 bridgehead atoms. The first-order chi connectivity index (χ1) is 32.8. The Balaban J connectivity index is 0.000000389. The van der Waals surface area contributed by atoms with Gasteiger partial charge in [0.2, 0.25) is 0 Å². The number of rotatable bonds is 8. The summed E-state index contributed by atoms with van der Waals surface area (Å²) in [6.07, 6.45) is 51.4. The number of hydrogen-bond acceptors (Lipinski definition) is 0. The molecule has 0 aliphatic heterocycles. The monoisotopic (exact) mass is 981 g/mol. The minimum atomic E-state index is 0.681. The molecule has 0 saturated heterocycles. The minimum Gasteiger partial charge on any atom is -0.0654 e. The molecule has 70 heavy (non-hydrogen) atoms. The molecule has 0 heteroatoms.